The van der Waals surface area contributed by atoms with Gasteiger partial charge in [-0.05, 0) is 91.4 Å². The van der Waals surface area contributed by atoms with Gasteiger partial charge in [0.15, 0.2) is 5.78 Å². The van der Waals surface area contributed by atoms with Crippen molar-refractivity contribution in [2.75, 3.05) is 62.1 Å². The van der Waals surface area contributed by atoms with Crippen molar-refractivity contribution in [3.63, 3.8) is 0 Å². The van der Waals surface area contributed by atoms with Gasteiger partial charge in [-0.1, -0.05) is 66.7 Å². The van der Waals surface area contributed by atoms with Crippen LogP contribution in [0.2, 0.25) is 10.0 Å². The van der Waals surface area contributed by atoms with Crippen LogP contribution in [0.4, 0.5) is 21.5 Å². The SMILES string of the molecule is O=C1CCC(N2Cc3c(NCCOCCOCCOCCCC(=O)c4ccc(NC(=O)[C@@H]5NC6(CCCCC6)[C@@]6(C(=O)Nc7cc(Cl)ccc76)[C@H]5c5cccc(Cl)c5F)cc4)cccc3C2=O)C(=O)N1. The van der Waals surface area contributed by atoms with Gasteiger partial charge in [0, 0.05) is 82.8 Å². The molecule has 4 aromatic rings. The number of nitrogens with zero attached hydrogens (tertiary/aromatic N) is 1. The number of anilines is 3. The van der Waals surface area contributed by atoms with Crippen LogP contribution in [0.3, 0.4) is 0 Å². The van der Waals surface area contributed by atoms with Crippen molar-refractivity contribution >= 4 is 75.6 Å². The Morgan fingerprint density at radius 2 is 1.56 bits per heavy atom. The van der Waals surface area contributed by atoms with Gasteiger partial charge < -0.3 is 35.1 Å². The second-order valence-electron chi connectivity index (χ2n) is 18.4. The Bertz CT molecular complexity index is 2680. The number of fused-ring (bicyclic) bond motifs is 4. The lowest BCUT2D eigenvalue weighted by molar-refractivity contribution is -0.137. The number of Topliss-reactive ketones (excluding diaryl/α,β-unsaturated/α-hetero) is 1. The van der Waals surface area contributed by atoms with E-state index in [2.05, 4.69) is 26.6 Å². The van der Waals surface area contributed by atoms with Gasteiger partial charge in [-0.2, -0.15) is 0 Å². The summed E-state index contributed by atoms with van der Waals surface area (Å²) in [5.41, 5.74) is 2.22. The zero-order valence-electron chi connectivity index (χ0n) is 38.5. The van der Waals surface area contributed by atoms with Gasteiger partial charge in [-0.25, -0.2) is 4.39 Å². The zero-order valence-corrected chi connectivity index (χ0v) is 40.0. The smallest absolute Gasteiger partial charge is 0.255 e. The number of ketones is 1. The maximum atomic E-state index is 16.2. The average molecular weight is 998 g/mol. The molecule has 70 heavy (non-hydrogen) atoms. The van der Waals surface area contributed by atoms with Crippen LogP contribution < -0.4 is 26.6 Å². The van der Waals surface area contributed by atoms with Gasteiger partial charge in [-0.3, -0.25) is 39.4 Å². The number of hydrogen-bond acceptors (Lipinski definition) is 11. The molecule has 0 aromatic heterocycles. The molecule has 5 N–H and O–H groups in total. The third kappa shape index (κ3) is 9.57. The summed E-state index contributed by atoms with van der Waals surface area (Å²) in [7, 11) is 0. The number of rotatable bonds is 19. The van der Waals surface area contributed by atoms with E-state index in [1.807, 2.05) is 12.1 Å². The minimum atomic E-state index is -1.35. The first-order valence-electron chi connectivity index (χ1n) is 23.9. The lowest BCUT2D eigenvalue weighted by Gasteiger charge is -2.47. The number of carbonyl (C=O) groups excluding carboxylic acids is 6. The topological polar surface area (TPSA) is 194 Å². The molecule has 18 heteroatoms. The van der Waals surface area contributed by atoms with Crippen LogP contribution in [-0.2, 0) is 45.3 Å². The van der Waals surface area contributed by atoms with E-state index in [0.29, 0.717) is 105 Å². The fraction of sp³-hybridized carbons (Fsp3) is 0.423. The fourth-order valence-corrected chi connectivity index (χ4v) is 11.6. The highest BCUT2D eigenvalue weighted by molar-refractivity contribution is 6.31. The Kier molecular flexibility index (Phi) is 15.0. The van der Waals surface area contributed by atoms with Crippen molar-refractivity contribution in [1.82, 2.24) is 15.5 Å². The first kappa shape index (κ1) is 49.2. The van der Waals surface area contributed by atoms with Crippen LogP contribution in [0, 0.1) is 5.82 Å². The van der Waals surface area contributed by atoms with Crippen LogP contribution in [-0.4, -0.2) is 104 Å². The molecule has 0 bridgehead atoms. The van der Waals surface area contributed by atoms with Gasteiger partial charge >= 0.3 is 0 Å². The molecule has 4 atom stereocenters. The lowest BCUT2D eigenvalue weighted by atomic mass is 9.55. The molecule has 2 spiro atoms. The minimum Gasteiger partial charge on any atom is -0.382 e. The maximum Gasteiger partial charge on any atom is 0.255 e. The average Bonchev–Trinajstić information content (AvgIpc) is 3.95. The summed E-state index contributed by atoms with van der Waals surface area (Å²) >= 11 is 12.8. The summed E-state index contributed by atoms with van der Waals surface area (Å²) < 4.78 is 33.3. The third-order valence-electron chi connectivity index (χ3n) is 14.4. The zero-order chi connectivity index (χ0) is 49.0. The summed E-state index contributed by atoms with van der Waals surface area (Å²) in [5.74, 6) is -3.49. The molecule has 15 nitrogen and oxygen atoms in total. The molecule has 0 radical (unpaired) electrons. The molecule has 1 aliphatic carbocycles. The number of benzene rings is 4. The van der Waals surface area contributed by atoms with Gasteiger partial charge in [0.1, 0.15) is 17.3 Å². The predicted molar refractivity (Wildman–Crippen MR) is 261 cm³/mol. The standard InChI is InChI=1S/C52H55Cl2FN6O9/c53-32-14-17-37-40(29-32)58-50(67)52(37)44(35-8-4-9-38(54)45(35)55)46(60-51(52)20-2-1-3-21-51)48(65)57-33-15-12-31(13-16-33)42(62)11-6-23-68-25-27-70-28-26-69-24-22-56-39-10-5-7-34-36(39)30-61(49(34)66)41-18-19-43(63)59-47(41)64/h4-5,7-10,12-17,29,41,44,46,56,60H,1-3,6,11,18-28,30H2,(H,57,65)(H,58,67)(H,59,63,64)/t41?,44-,46+,52+/m0/s1. The summed E-state index contributed by atoms with van der Waals surface area (Å²) in [4.78, 5) is 80.8. The monoisotopic (exact) mass is 996 g/mol. The number of hydrogen-bond donors (Lipinski definition) is 5. The molecule has 2 saturated heterocycles. The number of piperidine rings is 1. The minimum absolute atomic E-state index is 0.0788. The van der Waals surface area contributed by atoms with Crippen LogP contribution in [0.15, 0.2) is 78.9 Å². The molecule has 5 aliphatic rings. The van der Waals surface area contributed by atoms with Gasteiger partial charge in [0.2, 0.25) is 23.6 Å². The van der Waals surface area contributed by atoms with E-state index < -0.39 is 46.6 Å². The van der Waals surface area contributed by atoms with Crippen molar-refractivity contribution in [3.8, 4) is 0 Å². The van der Waals surface area contributed by atoms with Crippen molar-refractivity contribution in [3.05, 3.63) is 123 Å². The molecule has 368 valence electrons. The number of nitrogens with one attached hydrogen (secondary N) is 5. The van der Waals surface area contributed by atoms with E-state index in [-0.39, 0.29) is 53.5 Å². The van der Waals surface area contributed by atoms with E-state index in [0.717, 1.165) is 30.5 Å². The Hall–Kier alpha value is -5.75. The second kappa shape index (κ2) is 21.3. The molecular weight excluding hydrogens is 943 g/mol. The Labute approximate surface area is 414 Å². The van der Waals surface area contributed by atoms with Crippen LogP contribution >= 0.6 is 23.2 Å². The van der Waals surface area contributed by atoms with Gasteiger partial charge in [0.05, 0.1) is 44.1 Å². The van der Waals surface area contributed by atoms with E-state index in [4.69, 9.17) is 37.4 Å². The highest BCUT2D eigenvalue weighted by Gasteiger charge is 2.72. The highest BCUT2D eigenvalue weighted by Crippen LogP contribution is 2.63. The summed E-state index contributed by atoms with van der Waals surface area (Å²) in [5, 5.41) is 15.6. The fourth-order valence-electron chi connectivity index (χ4n) is 11.2. The van der Waals surface area contributed by atoms with Crippen molar-refractivity contribution in [2.24, 2.45) is 0 Å². The number of amides is 5. The van der Waals surface area contributed by atoms with Crippen LogP contribution in [0.25, 0.3) is 0 Å². The molecule has 9 rings (SSSR count). The molecule has 1 unspecified atom stereocenters. The molecule has 1 saturated carbocycles. The van der Waals surface area contributed by atoms with E-state index in [9.17, 15) is 28.8 Å². The summed E-state index contributed by atoms with van der Waals surface area (Å²) in [6.45, 7) is 3.01. The lowest BCUT2D eigenvalue weighted by Crippen LogP contribution is -2.60. The Balaban J connectivity index is 0.703. The summed E-state index contributed by atoms with van der Waals surface area (Å²) in [6.07, 6.45) is 5.07. The molecule has 4 aromatic carbocycles. The first-order chi connectivity index (χ1) is 33.9. The quantitative estimate of drug-likeness (QED) is 0.0360. The molecular formula is C52H55Cl2FN6O9. The normalized spacial score (nSPS) is 22.3. The van der Waals surface area contributed by atoms with E-state index in [1.165, 1.54) is 11.0 Å². The number of ether oxygens (including phenoxy) is 3. The third-order valence-corrected chi connectivity index (χ3v) is 14.9. The highest BCUT2D eigenvalue weighted by atomic mass is 35.5. The summed E-state index contributed by atoms with van der Waals surface area (Å²) in [6, 6.07) is 20.3. The number of imide groups is 1. The second-order valence-corrected chi connectivity index (χ2v) is 19.3. The first-order valence-corrected chi connectivity index (χ1v) is 24.7. The van der Waals surface area contributed by atoms with Gasteiger partial charge in [0.25, 0.3) is 5.91 Å². The van der Waals surface area contributed by atoms with Crippen molar-refractivity contribution < 1.29 is 47.4 Å². The predicted octanol–water partition coefficient (Wildman–Crippen LogP) is 7.31. The number of carbonyl (C=O) groups is 6. The van der Waals surface area contributed by atoms with Gasteiger partial charge in [-0.15, -0.1) is 0 Å². The molecule has 4 aliphatic heterocycles. The van der Waals surface area contributed by atoms with E-state index >= 15 is 4.39 Å². The Morgan fingerprint density at radius 3 is 2.31 bits per heavy atom. The Morgan fingerprint density at radius 1 is 0.829 bits per heavy atom. The maximum absolute atomic E-state index is 16.2. The van der Waals surface area contributed by atoms with E-state index in [1.54, 1.807) is 60.7 Å². The largest absolute Gasteiger partial charge is 0.382 e. The number of halogens is 3. The molecule has 3 fully saturated rings. The molecule has 4 heterocycles. The van der Waals surface area contributed by atoms with Crippen molar-refractivity contribution in [2.45, 2.75) is 93.3 Å². The van der Waals surface area contributed by atoms with Crippen molar-refractivity contribution in [1.29, 1.82) is 0 Å². The van der Waals surface area contributed by atoms with Crippen LogP contribution in [0.1, 0.15) is 101 Å². The van der Waals surface area contributed by atoms with Crippen LogP contribution in [0.5, 0.6) is 0 Å². The molecule has 5 amide bonds.